The first-order valence-electron chi connectivity index (χ1n) is 6.15. The van der Waals surface area contributed by atoms with Gasteiger partial charge < -0.3 is 9.52 Å². The van der Waals surface area contributed by atoms with E-state index < -0.39 is 5.97 Å². The Morgan fingerprint density at radius 2 is 2.24 bits per heavy atom. The van der Waals surface area contributed by atoms with Crippen LogP contribution in [0.2, 0.25) is 0 Å². The van der Waals surface area contributed by atoms with E-state index in [1.807, 2.05) is 7.05 Å². The van der Waals surface area contributed by atoms with Crippen LogP contribution < -0.4 is 0 Å². The van der Waals surface area contributed by atoms with Gasteiger partial charge in [0.15, 0.2) is 0 Å². The zero-order valence-electron chi connectivity index (χ0n) is 10.2. The quantitative estimate of drug-likeness (QED) is 0.855. The number of carboxylic acid groups (broad SMARTS) is 1. The van der Waals surface area contributed by atoms with Crippen LogP contribution >= 0.6 is 0 Å². The van der Waals surface area contributed by atoms with Crippen LogP contribution in [-0.4, -0.2) is 29.6 Å². The summed E-state index contributed by atoms with van der Waals surface area (Å²) in [6.07, 6.45) is 6.71. The lowest BCUT2D eigenvalue weighted by molar-refractivity contribution is 0.0693. The van der Waals surface area contributed by atoms with Gasteiger partial charge in [0.1, 0.15) is 11.3 Å². The van der Waals surface area contributed by atoms with Crippen LogP contribution in [0.15, 0.2) is 16.7 Å². The summed E-state index contributed by atoms with van der Waals surface area (Å²) < 4.78 is 5.24. The molecule has 1 aromatic rings. The van der Waals surface area contributed by atoms with E-state index in [1.54, 1.807) is 0 Å². The van der Waals surface area contributed by atoms with Gasteiger partial charge in [0, 0.05) is 6.54 Å². The van der Waals surface area contributed by atoms with Crippen molar-refractivity contribution >= 4 is 5.97 Å². The Hall–Kier alpha value is -1.29. The van der Waals surface area contributed by atoms with Crippen molar-refractivity contribution in [2.75, 3.05) is 13.6 Å². The Kier molecular flexibility index (Phi) is 3.84. The van der Waals surface area contributed by atoms with Crippen molar-refractivity contribution in [2.24, 2.45) is 5.92 Å². The Balaban J connectivity index is 1.90. The van der Waals surface area contributed by atoms with Gasteiger partial charge >= 0.3 is 5.97 Å². The molecule has 1 saturated carbocycles. The van der Waals surface area contributed by atoms with Crippen molar-refractivity contribution in [3.8, 4) is 0 Å². The molecule has 0 bridgehead atoms. The number of nitrogens with zero attached hydrogens (tertiary/aromatic N) is 1. The second-order valence-electron chi connectivity index (χ2n) is 4.91. The molecule has 0 saturated heterocycles. The molecule has 1 N–H and O–H groups in total. The Morgan fingerprint density at radius 3 is 2.88 bits per heavy atom. The van der Waals surface area contributed by atoms with E-state index in [9.17, 15) is 4.79 Å². The normalized spacial score (nSPS) is 16.8. The third-order valence-corrected chi connectivity index (χ3v) is 3.43. The molecule has 4 heteroatoms. The van der Waals surface area contributed by atoms with Gasteiger partial charge in [-0.25, -0.2) is 4.79 Å². The highest BCUT2D eigenvalue weighted by Crippen LogP contribution is 2.25. The number of carboxylic acids is 1. The fourth-order valence-electron chi connectivity index (χ4n) is 2.60. The average molecular weight is 237 g/mol. The number of hydrogen-bond donors (Lipinski definition) is 1. The van der Waals surface area contributed by atoms with Gasteiger partial charge in [0.2, 0.25) is 0 Å². The number of hydrogen-bond acceptors (Lipinski definition) is 3. The van der Waals surface area contributed by atoms with Gasteiger partial charge in [-0.1, -0.05) is 12.8 Å². The van der Waals surface area contributed by atoms with Crippen molar-refractivity contribution in [3.63, 3.8) is 0 Å². The van der Waals surface area contributed by atoms with Crippen molar-refractivity contribution in [2.45, 2.75) is 32.2 Å². The van der Waals surface area contributed by atoms with Crippen molar-refractivity contribution in [1.82, 2.24) is 4.90 Å². The van der Waals surface area contributed by atoms with Crippen LogP contribution in [0, 0.1) is 5.92 Å². The van der Waals surface area contributed by atoms with Gasteiger partial charge in [0.05, 0.1) is 12.8 Å². The molecule has 1 aliphatic carbocycles. The summed E-state index contributed by atoms with van der Waals surface area (Å²) in [6.45, 7) is 1.60. The minimum atomic E-state index is -0.914. The maximum absolute atomic E-state index is 10.9. The van der Waals surface area contributed by atoms with E-state index in [-0.39, 0.29) is 5.56 Å². The van der Waals surface area contributed by atoms with Gasteiger partial charge in [0.25, 0.3) is 0 Å². The predicted molar refractivity (Wildman–Crippen MR) is 64.0 cm³/mol. The summed E-state index contributed by atoms with van der Waals surface area (Å²) in [5.74, 6) is 0.407. The molecule has 4 nitrogen and oxygen atoms in total. The first-order valence-corrected chi connectivity index (χ1v) is 6.15. The molecule has 0 aromatic carbocycles. The summed E-state index contributed by atoms with van der Waals surface area (Å²) in [5.41, 5.74) is 0.281. The van der Waals surface area contributed by atoms with Crippen LogP contribution in [0.3, 0.4) is 0 Å². The van der Waals surface area contributed by atoms with Crippen LogP contribution in [0.4, 0.5) is 0 Å². The molecule has 1 heterocycles. The molecular formula is C13H19NO3. The van der Waals surface area contributed by atoms with E-state index in [2.05, 4.69) is 4.90 Å². The van der Waals surface area contributed by atoms with E-state index in [4.69, 9.17) is 9.52 Å². The zero-order chi connectivity index (χ0) is 12.3. The highest BCUT2D eigenvalue weighted by molar-refractivity contribution is 5.88. The fraction of sp³-hybridized carbons (Fsp3) is 0.615. The van der Waals surface area contributed by atoms with Crippen molar-refractivity contribution < 1.29 is 14.3 Å². The molecule has 17 heavy (non-hydrogen) atoms. The Morgan fingerprint density at radius 1 is 1.53 bits per heavy atom. The maximum atomic E-state index is 10.9. The van der Waals surface area contributed by atoms with E-state index in [0.717, 1.165) is 12.5 Å². The second-order valence-corrected chi connectivity index (χ2v) is 4.91. The summed E-state index contributed by atoms with van der Waals surface area (Å²) in [5, 5.41) is 8.97. The molecule has 0 amide bonds. The Labute approximate surface area is 101 Å². The van der Waals surface area contributed by atoms with Gasteiger partial charge in [-0.3, -0.25) is 4.90 Å². The summed E-state index contributed by atoms with van der Waals surface area (Å²) >= 11 is 0. The minimum Gasteiger partial charge on any atom is -0.478 e. The Bertz CT molecular complexity index is 380. The van der Waals surface area contributed by atoms with Gasteiger partial charge in [-0.05, 0) is 31.9 Å². The first kappa shape index (κ1) is 12.2. The number of furan rings is 1. The second kappa shape index (κ2) is 5.36. The molecule has 1 fully saturated rings. The van der Waals surface area contributed by atoms with Crippen LogP contribution in [0.25, 0.3) is 0 Å². The monoisotopic (exact) mass is 237 g/mol. The third-order valence-electron chi connectivity index (χ3n) is 3.43. The number of carbonyl (C=O) groups is 1. The van der Waals surface area contributed by atoms with Crippen LogP contribution in [-0.2, 0) is 6.54 Å². The smallest absolute Gasteiger partial charge is 0.339 e. The molecule has 2 rings (SSSR count). The predicted octanol–water partition coefficient (Wildman–Crippen LogP) is 2.60. The van der Waals surface area contributed by atoms with Gasteiger partial charge in [-0.2, -0.15) is 0 Å². The fourth-order valence-corrected chi connectivity index (χ4v) is 2.60. The highest BCUT2D eigenvalue weighted by Gasteiger charge is 2.19. The average Bonchev–Trinajstić information content (AvgIpc) is 2.88. The number of rotatable bonds is 5. The van der Waals surface area contributed by atoms with Crippen LogP contribution in [0.5, 0.6) is 0 Å². The lowest BCUT2D eigenvalue weighted by Gasteiger charge is -2.19. The molecule has 0 atom stereocenters. The van der Waals surface area contributed by atoms with E-state index >= 15 is 0 Å². The first-order chi connectivity index (χ1) is 8.16. The molecule has 94 valence electrons. The molecule has 0 unspecified atom stereocenters. The minimum absolute atomic E-state index is 0.281. The molecule has 1 aromatic heterocycles. The lowest BCUT2D eigenvalue weighted by atomic mass is 10.1. The van der Waals surface area contributed by atoms with E-state index in [0.29, 0.717) is 12.3 Å². The SMILES string of the molecule is CN(Cc1occc1C(=O)O)CC1CCCC1. The lowest BCUT2D eigenvalue weighted by Crippen LogP contribution is -2.24. The standard InChI is InChI=1S/C13H19NO3/c1-14(8-10-4-2-3-5-10)9-12-11(13(15)16)6-7-17-12/h6-7,10H,2-5,8-9H2,1H3,(H,15,16). The summed E-state index contributed by atoms with van der Waals surface area (Å²) in [7, 11) is 2.02. The molecular weight excluding hydrogens is 218 g/mol. The van der Waals surface area contributed by atoms with Gasteiger partial charge in [-0.15, -0.1) is 0 Å². The molecule has 1 aliphatic rings. The maximum Gasteiger partial charge on any atom is 0.339 e. The third kappa shape index (κ3) is 3.09. The zero-order valence-corrected chi connectivity index (χ0v) is 10.2. The molecule has 0 aliphatic heterocycles. The topological polar surface area (TPSA) is 53.7 Å². The molecule has 0 radical (unpaired) electrons. The van der Waals surface area contributed by atoms with Crippen molar-refractivity contribution in [3.05, 3.63) is 23.7 Å². The van der Waals surface area contributed by atoms with Crippen molar-refractivity contribution in [1.29, 1.82) is 0 Å². The highest BCUT2D eigenvalue weighted by atomic mass is 16.4. The largest absolute Gasteiger partial charge is 0.478 e. The molecule has 0 spiro atoms. The number of aromatic carboxylic acids is 1. The van der Waals surface area contributed by atoms with Crippen LogP contribution in [0.1, 0.15) is 41.8 Å². The summed E-state index contributed by atoms with van der Waals surface area (Å²) in [6, 6.07) is 1.51. The summed E-state index contributed by atoms with van der Waals surface area (Å²) in [4.78, 5) is 13.1. The van der Waals surface area contributed by atoms with E-state index in [1.165, 1.54) is 38.0 Å².